The number of anilines is 1. The maximum atomic E-state index is 13.7. The molecule has 234 valence electrons. The van der Waals surface area contributed by atoms with Crippen LogP contribution in [0, 0.1) is 12.8 Å². The molecule has 0 bridgehead atoms. The minimum atomic E-state index is -0.905. The first-order chi connectivity index (χ1) is 21.3. The molecular weight excluding hydrogens is 576 g/mol. The second-order valence-electron chi connectivity index (χ2n) is 11.4. The van der Waals surface area contributed by atoms with Gasteiger partial charge >= 0.3 is 5.97 Å². The SMILES string of the molecule is CCc1cc(C)cc(CC)c1NC(=O)CN1C[C@H](c2ccc3c(c2)OCO3)C(C(=O)O)[C@@H]1c1ccc(OCCCSC)cc1. The van der Waals surface area contributed by atoms with Crippen molar-refractivity contribution in [3.8, 4) is 17.2 Å². The number of likely N-dealkylation sites (tertiary alicyclic amines) is 1. The summed E-state index contributed by atoms with van der Waals surface area (Å²) in [6, 6.07) is 17.0. The van der Waals surface area contributed by atoms with Crippen LogP contribution in [0.2, 0.25) is 0 Å². The third kappa shape index (κ3) is 7.00. The molecule has 2 heterocycles. The molecule has 3 aromatic carbocycles. The van der Waals surface area contributed by atoms with Gasteiger partial charge in [0.25, 0.3) is 0 Å². The lowest BCUT2D eigenvalue weighted by Crippen LogP contribution is -2.35. The van der Waals surface area contributed by atoms with E-state index in [0.29, 0.717) is 24.7 Å². The number of carboxylic acid groups (broad SMARTS) is 1. The third-order valence-electron chi connectivity index (χ3n) is 8.51. The van der Waals surface area contributed by atoms with E-state index in [0.717, 1.165) is 58.7 Å². The molecule has 2 aliphatic rings. The Morgan fingerprint density at radius 3 is 2.34 bits per heavy atom. The van der Waals surface area contributed by atoms with E-state index in [2.05, 4.69) is 44.5 Å². The lowest BCUT2D eigenvalue weighted by atomic mass is 9.82. The lowest BCUT2D eigenvalue weighted by Gasteiger charge is -2.27. The molecule has 2 aliphatic heterocycles. The summed E-state index contributed by atoms with van der Waals surface area (Å²) in [6.07, 6.45) is 4.63. The normalized spacial score (nSPS) is 19.2. The third-order valence-corrected chi connectivity index (χ3v) is 9.21. The molecule has 0 spiro atoms. The number of ether oxygens (including phenoxy) is 3. The zero-order chi connectivity index (χ0) is 31.2. The molecule has 0 aromatic heterocycles. The van der Waals surface area contributed by atoms with E-state index in [9.17, 15) is 14.7 Å². The van der Waals surface area contributed by atoms with Gasteiger partial charge in [0.2, 0.25) is 12.7 Å². The van der Waals surface area contributed by atoms with E-state index in [1.807, 2.05) is 47.4 Å². The molecule has 3 atom stereocenters. The minimum Gasteiger partial charge on any atom is -0.494 e. The number of carbonyl (C=O) groups is 2. The number of nitrogens with one attached hydrogen (secondary N) is 1. The smallest absolute Gasteiger partial charge is 0.309 e. The predicted octanol–water partition coefficient (Wildman–Crippen LogP) is 6.46. The highest BCUT2D eigenvalue weighted by atomic mass is 32.2. The van der Waals surface area contributed by atoms with Crippen LogP contribution in [0.3, 0.4) is 0 Å². The quantitative estimate of drug-likeness (QED) is 0.211. The largest absolute Gasteiger partial charge is 0.494 e. The monoisotopic (exact) mass is 618 g/mol. The van der Waals surface area contributed by atoms with Crippen molar-refractivity contribution in [3.63, 3.8) is 0 Å². The number of aryl methyl sites for hydroxylation is 3. The molecule has 9 heteroatoms. The number of nitrogens with zero attached hydrogens (tertiary/aromatic N) is 1. The van der Waals surface area contributed by atoms with Crippen LogP contribution in [0.1, 0.15) is 60.0 Å². The summed E-state index contributed by atoms with van der Waals surface area (Å²) in [6.45, 7) is 7.47. The number of aliphatic carboxylic acids is 1. The lowest BCUT2D eigenvalue weighted by molar-refractivity contribution is -0.143. The van der Waals surface area contributed by atoms with Crippen molar-refractivity contribution in [2.24, 2.45) is 5.92 Å². The van der Waals surface area contributed by atoms with Crippen LogP contribution in [-0.4, -0.2) is 60.4 Å². The van der Waals surface area contributed by atoms with Crippen LogP contribution in [-0.2, 0) is 22.4 Å². The average molecular weight is 619 g/mol. The number of carboxylic acids is 1. The number of fused-ring (bicyclic) bond motifs is 1. The minimum absolute atomic E-state index is 0.0582. The summed E-state index contributed by atoms with van der Waals surface area (Å²) < 4.78 is 17.0. The average Bonchev–Trinajstić information content (AvgIpc) is 3.64. The Kier molecular flexibility index (Phi) is 10.4. The Balaban J connectivity index is 1.45. The van der Waals surface area contributed by atoms with E-state index >= 15 is 0 Å². The number of thioether (sulfide) groups is 1. The van der Waals surface area contributed by atoms with Gasteiger partial charge < -0.3 is 24.6 Å². The second kappa shape index (κ2) is 14.4. The van der Waals surface area contributed by atoms with Crippen LogP contribution >= 0.6 is 11.8 Å². The summed E-state index contributed by atoms with van der Waals surface area (Å²) >= 11 is 1.78. The fourth-order valence-electron chi connectivity index (χ4n) is 6.45. The maximum Gasteiger partial charge on any atom is 0.309 e. The highest BCUT2D eigenvalue weighted by Gasteiger charge is 2.48. The van der Waals surface area contributed by atoms with E-state index in [4.69, 9.17) is 14.2 Å². The first-order valence-electron chi connectivity index (χ1n) is 15.3. The van der Waals surface area contributed by atoms with Gasteiger partial charge in [0, 0.05) is 24.2 Å². The van der Waals surface area contributed by atoms with Crippen LogP contribution in [0.4, 0.5) is 5.69 Å². The van der Waals surface area contributed by atoms with Crippen molar-refractivity contribution in [2.45, 2.75) is 52.0 Å². The van der Waals surface area contributed by atoms with E-state index in [1.165, 1.54) is 5.56 Å². The molecule has 3 aromatic rings. The summed E-state index contributed by atoms with van der Waals surface area (Å²) in [5, 5.41) is 13.8. The summed E-state index contributed by atoms with van der Waals surface area (Å²) in [5.41, 5.74) is 5.92. The Morgan fingerprint density at radius 2 is 1.68 bits per heavy atom. The van der Waals surface area contributed by atoms with E-state index in [-0.39, 0.29) is 25.2 Å². The second-order valence-corrected chi connectivity index (χ2v) is 12.4. The molecular formula is C35H42N2O6S. The van der Waals surface area contributed by atoms with Gasteiger partial charge in [-0.25, -0.2) is 0 Å². The van der Waals surface area contributed by atoms with Crippen molar-refractivity contribution < 1.29 is 28.9 Å². The molecule has 8 nitrogen and oxygen atoms in total. The summed E-state index contributed by atoms with van der Waals surface area (Å²) in [4.78, 5) is 28.7. The van der Waals surface area contributed by atoms with Crippen molar-refractivity contribution >= 4 is 29.3 Å². The molecule has 1 amide bonds. The first-order valence-corrected chi connectivity index (χ1v) is 16.7. The summed E-state index contributed by atoms with van der Waals surface area (Å²) in [7, 11) is 0. The molecule has 44 heavy (non-hydrogen) atoms. The van der Waals surface area contributed by atoms with Gasteiger partial charge in [0.15, 0.2) is 11.5 Å². The fourth-order valence-corrected chi connectivity index (χ4v) is 6.86. The number of amides is 1. The molecule has 0 radical (unpaired) electrons. The van der Waals surface area contributed by atoms with Gasteiger partial charge in [-0.3, -0.25) is 14.5 Å². The van der Waals surface area contributed by atoms with E-state index in [1.54, 1.807) is 11.8 Å². The van der Waals surface area contributed by atoms with Crippen LogP contribution in [0.25, 0.3) is 0 Å². The number of benzene rings is 3. The standard InChI is InChI=1S/C35H42N2O6S/c1-5-23-16-22(3)17-24(6-2)33(23)36-31(38)20-37-19-28(26-10-13-29-30(18-26)43-21-42-29)32(35(39)40)34(37)25-8-11-27(12-9-25)41-14-7-15-44-4/h8-13,16-18,28,32,34H,5-7,14-15,19-21H2,1-4H3,(H,36,38)(H,39,40)/t28-,32?,34+/m1/s1. The van der Waals surface area contributed by atoms with Gasteiger partial charge in [-0.2, -0.15) is 11.8 Å². The van der Waals surface area contributed by atoms with Crippen LogP contribution < -0.4 is 19.5 Å². The molecule has 0 aliphatic carbocycles. The van der Waals surface area contributed by atoms with Crippen molar-refractivity contribution in [1.29, 1.82) is 0 Å². The predicted molar refractivity (Wildman–Crippen MR) is 174 cm³/mol. The maximum absolute atomic E-state index is 13.7. The number of hydrogen-bond donors (Lipinski definition) is 2. The number of hydrogen-bond acceptors (Lipinski definition) is 7. The topological polar surface area (TPSA) is 97.3 Å². The van der Waals surface area contributed by atoms with Gasteiger partial charge in [-0.1, -0.05) is 49.7 Å². The Labute approximate surface area is 264 Å². The van der Waals surface area contributed by atoms with Crippen molar-refractivity contribution in [2.75, 3.05) is 43.8 Å². The van der Waals surface area contributed by atoms with Gasteiger partial charge in [-0.05, 0) is 84.7 Å². The van der Waals surface area contributed by atoms with E-state index < -0.39 is 17.9 Å². The van der Waals surface area contributed by atoms with Gasteiger partial charge in [-0.15, -0.1) is 0 Å². The van der Waals surface area contributed by atoms with Gasteiger partial charge in [0.1, 0.15) is 5.75 Å². The molecule has 2 N–H and O–H groups in total. The molecule has 1 saturated heterocycles. The van der Waals surface area contributed by atoms with Gasteiger partial charge in [0.05, 0.1) is 19.1 Å². The Hall–Kier alpha value is -3.69. The zero-order valence-electron chi connectivity index (χ0n) is 25.9. The number of carbonyl (C=O) groups excluding carboxylic acids is 1. The Morgan fingerprint density at radius 1 is 1.00 bits per heavy atom. The fraction of sp³-hybridized carbons (Fsp3) is 0.429. The van der Waals surface area contributed by atoms with Crippen LogP contribution in [0.15, 0.2) is 54.6 Å². The van der Waals surface area contributed by atoms with Crippen molar-refractivity contribution in [3.05, 3.63) is 82.4 Å². The summed E-state index contributed by atoms with van der Waals surface area (Å²) in [5.74, 6) is 0.825. The first kappa shape index (κ1) is 31.7. The Bertz CT molecular complexity index is 1450. The zero-order valence-corrected chi connectivity index (χ0v) is 26.7. The highest BCUT2D eigenvalue weighted by Crippen LogP contribution is 2.47. The molecule has 0 saturated carbocycles. The van der Waals surface area contributed by atoms with Crippen LogP contribution in [0.5, 0.6) is 17.2 Å². The molecule has 5 rings (SSSR count). The number of rotatable bonds is 13. The highest BCUT2D eigenvalue weighted by molar-refractivity contribution is 7.98. The van der Waals surface area contributed by atoms with Crippen molar-refractivity contribution in [1.82, 2.24) is 4.90 Å². The molecule has 1 fully saturated rings. The molecule has 1 unspecified atom stereocenters.